The smallest absolute Gasteiger partial charge is 0.0801 e. The zero-order valence-corrected chi connectivity index (χ0v) is 12.1. The predicted molar refractivity (Wildman–Crippen MR) is 81.9 cm³/mol. The van der Waals surface area contributed by atoms with Crippen LogP contribution in [0, 0.1) is 0 Å². The van der Waals surface area contributed by atoms with Crippen LogP contribution in [0.2, 0.25) is 0 Å². The topological polar surface area (TPSA) is 51.4 Å². The van der Waals surface area contributed by atoms with Gasteiger partial charge in [-0.15, -0.1) is 0 Å². The Hall–Kier alpha value is -1.65. The number of rotatable bonds is 2. The maximum atomic E-state index is 5.92. The molecule has 1 aromatic carbocycles. The number of hydrogen-bond acceptors (Lipinski definition) is 4. The van der Waals surface area contributed by atoms with Crippen molar-refractivity contribution < 1.29 is 4.74 Å². The van der Waals surface area contributed by atoms with Gasteiger partial charge in [0.2, 0.25) is 0 Å². The number of aromatic nitrogens is 1. The van der Waals surface area contributed by atoms with Crippen LogP contribution >= 0.6 is 0 Å². The van der Waals surface area contributed by atoms with Crippen molar-refractivity contribution in [3.05, 3.63) is 36.0 Å². The minimum Gasteiger partial charge on any atom is -0.372 e. The van der Waals surface area contributed by atoms with E-state index in [-0.39, 0.29) is 5.60 Å². The molecule has 0 saturated carbocycles. The lowest BCUT2D eigenvalue weighted by molar-refractivity contribution is -0.0276. The van der Waals surface area contributed by atoms with E-state index in [4.69, 9.17) is 10.5 Å². The first-order valence-corrected chi connectivity index (χ1v) is 7.06. The van der Waals surface area contributed by atoms with Gasteiger partial charge in [0.1, 0.15) is 0 Å². The van der Waals surface area contributed by atoms with E-state index in [0.717, 1.165) is 30.8 Å². The molecule has 0 atom stereocenters. The Labute approximate surface area is 119 Å². The van der Waals surface area contributed by atoms with Crippen LogP contribution in [0.3, 0.4) is 0 Å². The standard InChI is InChI=1S/C16H21N3O/c1-16(2)11-19(7-8-20-16)15-12(9-17)10-18-14-6-4-3-5-13(14)15/h3-6,10H,7-9,11,17H2,1-2H3. The zero-order valence-electron chi connectivity index (χ0n) is 12.1. The molecule has 0 aliphatic carbocycles. The lowest BCUT2D eigenvalue weighted by atomic mass is 10.0. The average molecular weight is 271 g/mol. The summed E-state index contributed by atoms with van der Waals surface area (Å²) in [5.41, 5.74) is 9.12. The van der Waals surface area contributed by atoms with Gasteiger partial charge in [0.25, 0.3) is 0 Å². The summed E-state index contributed by atoms with van der Waals surface area (Å²) < 4.78 is 5.81. The summed E-state index contributed by atoms with van der Waals surface area (Å²) in [5.74, 6) is 0. The number of morpholine rings is 1. The highest BCUT2D eigenvalue weighted by Crippen LogP contribution is 2.32. The van der Waals surface area contributed by atoms with Crippen molar-refractivity contribution in [3.8, 4) is 0 Å². The van der Waals surface area contributed by atoms with Crippen LogP contribution in [-0.2, 0) is 11.3 Å². The molecule has 0 unspecified atom stereocenters. The SMILES string of the molecule is CC1(C)CN(c2c(CN)cnc3ccccc23)CCO1. The van der Waals surface area contributed by atoms with E-state index in [9.17, 15) is 0 Å². The maximum Gasteiger partial charge on any atom is 0.0801 e. The monoisotopic (exact) mass is 271 g/mol. The fourth-order valence-corrected chi connectivity index (χ4v) is 2.90. The van der Waals surface area contributed by atoms with Gasteiger partial charge in [-0.1, -0.05) is 18.2 Å². The van der Waals surface area contributed by atoms with E-state index in [1.165, 1.54) is 11.1 Å². The second kappa shape index (κ2) is 5.04. The van der Waals surface area contributed by atoms with Gasteiger partial charge in [-0.2, -0.15) is 0 Å². The summed E-state index contributed by atoms with van der Waals surface area (Å²) >= 11 is 0. The Morgan fingerprint density at radius 1 is 1.35 bits per heavy atom. The van der Waals surface area contributed by atoms with Gasteiger partial charge < -0.3 is 15.4 Å². The first-order chi connectivity index (χ1) is 9.61. The Morgan fingerprint density at radius 2 is 2.15 bits per heavy atom. The van der Waals surface area contributed by atoms with Gasteiger partial charge in [-0.3, -0.25) is 4.98 Å². The molecule has 0 radical (unpaired) electrons. The van der Waals surface area contributed by atoms with E-state index in [2.05, 4.69) is 35.9 Å². The van der Waals surface area contributed by atoms with Crippen molar-refractivity contribution >= 4 is 16.6 Å². The highest BCUT2D eigenvalue weighted by atomic mass is 16.5. The molecule has 1 saturated heterocycles. The van der Waals surface area contributed by atoms with Gasteiger partial charge in [0.15, 0.2) is 0 Å². The molecule has 2 N–H and O–H groups in total. The van der Waals surface area contributed by atoms with Gasteiger partial charge in [-0.05, 0) is 19.9 Å². The van der Waals surface area contributed by atoms with E-state index in [0.29, 0.717) is 6.54 Å². The molecule has 4 heteroatoms. The van der Waals surface area contributed by atoms with Crippen LogP contribution in [0.15, 0.2) is 30.5 Å². The predicted octanol–water partition coefficient (Wildman–Crippen LogP) is 2.31. The number of hydrogen-bond donors (Lipinski definition) is 1. The third-order valence-electron chi connectivity index (χ3n) is 3.78. The van der Waals surface area contributed by atoms with Crippen LogP contribution in [0.1, 0.15) is 19.4 Å². The lowest BCUT2D eigenvalue weighted by Crippen LogP contribution is -2.48. The molecule has 3 rings (SSSR count). The Bertz CT molecular complexity index is 624. The van der Waals surface area contributed by atoms with Crippen LogP contribution in [0.25, 0.3) is 10.9 Å². The third kappa shape index (κ3) is 2.37. The molecular formula is C16H21N3O. The molecular weight excluding hydrogens is 250 g/mol. The molecule has 4 nitrogen and oxygen atoms in total. The van der Waals surface area contributed by atoms with Gasteiger partial charge in [0.05, 0.1) is 23.4 Å². The first-order valence-electron chi connectivity index (χ1n) is 7.06. The number of fused-ring (bicyclic) bond motifs is 1. The summed E-state index contributed by atoms with van der Waals surface area (Å²) in [6, 6.07) is 8.24. The molecule has 2 aromatic rings. The number of anilines is 1. The Balaban J connectivity index is 2.13. The Morgan fingerprint density at radius 3 is 2.90 bits per heavy atom. The molecule has 1 aliphatic rings. The minimum absolute atomic E-state index is 0.130. The summed E-state index contributed by atoms with van der Waals surface area (Å²) in [6.45, 7) is 7.27. The zero-order chi connectivity index (χ0) is 14.2. The van der Waals surface area contributed by atoms with Crippen molar-refractivity contribution in [1.82, 2.24) is 4.98 Å². The van der Waals surface area contributed by atoms with E-state index >= 15 is 0 Å². The van der Waals surface area contributed by atoms with E-state index in [1.807, 2.05) is 18.3 Å². The van der Waals surface area contributed by atoms with Crippen molar-refractivity contribution in [2.45, 2.75) is 26.0 Å². The van der Waals surface area contributed by atoms with Crippen molar-refractivity contribution in [1.29, 1.82) is 0 Å². The van der Waals surface area contributed by atoms with Gasteiger partial charge in [0, 0.05) is 36.8 Å². The third-order valence-corrected chi connectivity index (χ3v) is 3.78. The molecule has 1 aliphatic heterocycles. The van der Waals surface area contributed by atoms with Crippen molar-refractivity contribution in [2.75, 3.05) is 24.6 Å². The minimum atomic E-state index is -0.130. The largest absolute Gasteiger partial charge is 0.372 e. The van der Waals surface area contributed by atoms with Gasteiger partial charge >= 0.3 is 0 Å². The van der Waals surface area contributed by atoms with Crippen LogP contribution in [0.4, 0.5) is 5.69 Å². The summed E-state index contributed by atoms with van der Waals surface area (Å²) in [4.78, 5) is 6.89. The average Bonchev–Trinajstić information content (AvgIpc) is 2.45. The molecule has 0 amide bonds. The highest BCUT2D eigenvalue weighted by molar-refractivity contribution is 5.93. The van der Waals surface area contributed by atoms with E-state index in [1.54, 1.807) is 0 Å². The molecule has 20 heavy (non-hydrogen) atoms. The number of pyridine rings is 1. The normalized spacial score (nSPS) is 18.4. The number of nitrogens with two attached hydrogens (primary N) is 1. The lowest BCUT2D eigenvalue weighted by Gasteiger charge is -2.40. The number of ether oxygens (including phenoxy) is 1. The fourth-order valence-electron chi connectivity index (χ4n) is 2.90. The van der Waals surface area contributed by atoms with Crippen LogP contribution in [0.5, 0.6) is 0 Å². The number of nitrogens with zero attached hydrogens (tertiary/aromatic N) is 2. The second-order valence-electron chi connectivity index (χ2n) is 5.88. The summed E-state index contributed by atoms with van der Waals surface area (Å²) in [5, 5.41) is 1.17. The van der Waals surface area contributed by atoms with Crippen LogP contribution in [-0.4, -0.2) is 30.3 Å². The highest BCUT2D eigenvalue weighted by Gasteiger charge is 2.29. The first kappa shape index (κ1) is 13.3. The maximum absolute atomic E-state index is 5.92. The molecule has 1 aromatic heterocycles. The fraction of sp³-hybridized carbons (Fsp3) is 0.438. The van der Waals surface area contributed by atoms with Crippen molar-refractivity contribution in [2.24, 2.45) is 5.73 Å². The quantitative estimate of drug-likeness (QED) is 0.910. The van der Waals surface area contributed by atoms with Crippen molar-refractivity contribution in [3.63, 3.8) is 0 Å². The molecule has 1 fully saturated rings. The van der Waals surface area contributed by atoms with E-state index < -0.39 is 0 Å². The second-order valence-corrected chi connectivity index (χ2v) is 5.88. The molecule has 0 spiro atoms. The van der Waals surface area contributed by atoms with Crippen LogP contribution < -0.4 is 10.6 Å². The Kier molecular flexibility index (Phi) is 3.36. The van der Waals surface area contributed by atoms with Gasteiger partial charge in [-0.25, -0.2) is 0 Å². The molecule has 0 bridgehead atoms. The summed E-state index contributed by atoms with van der Waals surface area (Å²) in [6.07, 6.45) is 1.90. The summed E-state index contributed by atoms with van der Waals surface area (Å²) in [7, 11) is 0. The molecule has 2 heterocycles. The molecule has 106 valence electrons. The number of benzene rings is 1. The number of para-hydroxylation sites is 1.